The molecule has 0 N–H and O–H groups in total. The quantitative estimate of drug-likeness (QED) is 0.0281. The number of hydrogen-bond donors (Lipinski definition) is 0. The minimum absolute atomic E-state index is 0.0224. The van der Waals surface area contributed by atoms with E-state index in [1.807, 2.05) is 48.5 Å². The molecule has 8 heterocycles. The highest BCUT2D eigenvalue weighted by atomic mass is 16.6. The fraction of sp³-hybridized carbons (Fsp3) is 0.302. The second kappa shape index (κ2) is 29.0. The highest BCUT2D eigenvalue weighted by Gasteiger charge is 2.34. The molecule has 18 rings (SSSR count). The van der Waals surface area contributed by atoms with Crippen molar-refractivity contribution >= 4 is 0 Å². The highest BCUT2D eigenvalue weighted by Crippen LogP contribution is 2.48. The van der Waals surface area contributed by atoms with Gasteiger partial charge in [-0.05, 0) is 164 Å². The molecule has 0 spiro atoms. The van der Waals surface area contributed by atoms with E-state index in [1.165, 1.54) is 0 Å². The van der Waals surface area contributed by atoms with E-state index in [9.17, 15) is 0 Å². The van der Waals surface area contributed by atoms with Gasteiger partial charge < -0.3 is 75.8 Å². The van der Waals surface area contributed by atoms with E-state index in [4.69, 9.17) is 75.8 Å². The van der Waals surface area contributed by atoms with Crippen molar-refractivity contribution in [3.05, 3.63) is 252 Å². The van der Waals surface area contributed by atoms with Gasteiger partial charge >= 0.3 is 0 Å². The van der Waals surface area contributed by atoms with Gasteiger partial charge in [0.2, 0.25) is 0 Å². The molecule has 102 heavy (non-hydrogen) atoms. The lowest BCUT2D eigenvalue weighted by Gasteiger charge is -2.30. The van der Waals surface area contributed by atoms with Crippen LogP contribution in [0.25, 0.3) is 55.6 Å². The van der Waals surface area contributed by atoms with Gasteiger partial charge in [0.25, 0.3) is 0 Å². The van der Waals surface area contributed by atoms with Crippen molar-refractivity contribution in [2.45, 2.75) is 60.7 Å². The predicted octanol–water partition coefficient (Wildman–Crippen LogP) is 14.6. The zero-order valence-electron chi connectivity index (χ0n) is 56.4. The number of rotatable bonds is 33. The molecule has 10 aromatic rings. The molecule has 16 heteroatoms. The Morgan fingerprint density at radius 2 is 0.471 bits per heavy atom. The maximum atomic E-state index is 6.97. The molecule has 8 atom stereocenters. The van der Waals surface area contributed by atoms with Gasteiger partial charge in [0, 0.05) is 34.1 Å². The van der Waals surface area contributed by atoms with E-state index in [1.54, 1.807) is 0 Å². The minimum Gasteiger partial charge on any atom is -0.491 e. The molecular weight excluding hydrogens is 1290 g/mol. The number of benzene rings is 10. The summed E-state index contributed by atoms with van der Waals surface area (Å²) in [5.74, 6) is 5.44. The number of epoxide rings is 6. The van der Waals surface area contributed by atoms with Crippen LogP contribution in [0.1, 0.15) is 45.2 Å². The van der Waals surface area contributed by atoms with Gasteiger partial charge in [-0.1, -0.05) is 121 Å². The van der Waals surface area contributed by atoms with Gasteiger partial charge in [-0.15, -0.1) is 0 Å². The van der Waals surface area contributed by atoms with Gasteiger partial charge in [-0.25, -0.2) is 0 Å². The van der Waals surface area contributed by atoms with Crippen molar-refractivity contribution in [2.24, 2.45) is 0 Å². The summed E-state index contributed by atoms with van der Waals surface area (Å²) >= 11 is 0. The Morgan fingerprint density at radius 1 is 0.235 bits per heavy atom. The van der Waals surface area contributed by atoms with E-state index in [0.29, 0.717) is 85.9 Å². The first kappa shape index (κ1) is 64.4. The van der Waals surface area contributed by atoms with Gasteiger partial charge in [0.05, 0.1) is 66.1 Å². The monoisotopic (exact) mass is 1370 g/mol. The van der Waals surface area contributed by atoms with Crippen LogP contribution < -0.4 is 37.9 Å². The van der Waals surface area contributed by atoms with Crippen molar-refractivity contribution in [3.8, 4) is 102 Å². The van der Waals surface area contributed by atoms with Crippen LogP contribution >= 0.6 is 0 Å². The van der Waals surface area contributed by atoms with Crippen LogP contribution in [-0.2, 0) is 37.9 Å². The molecule has 0 amide bonds. The Hall–Kier alpha value is -9.72. The molecule has 8 aliphatic heterocycles. The third-order valence-corrected chi connectivity index (χ3v) is 19.7. The molecule has 16 nitrogen and oxygen atoms in total. The van der Waals surface area contributed by atoms with Gasteiger partial charge in [0.1, 0.15) is 134 Å². The first-order valence-electron chi connectivity index (χ1n) is 35.5. The molecule has 0 aromatic heterocycles. The molecular formula is C86H78O16. The zero-order chi connectivity index (χ0) is 67.7. The normalized spacial score (nSPS) is 21.1. The molecule has 8 fully saturated rings. The predicted molar refractivity (Wildman–Crippen MR) is 383 cm³/mol. The Morgan fingerprint density at radius 3 is 0.755 bits per heavy atom. The van der Waals surface area contributed by atoms with E-state index in [0.717, 1.165) is 155 Å². The van der Waals surface area contributed by atoms with Crippen LogP contribution in [0.3, 0.4) is 0 Å². The Kier molecular flexibility index (Phi) is 18.3. The topological polar surface area (TPSA) is 167 Å². The van der Waals surface area contributed by atoms with Crippen LogP contribution in [-0.4, -0.2) is 155 Å². The zero-order valence-corrected chi connectivity index (χ0v) is 56.4. The highest BCUT2D eigenvalue weighted by molar-refractivity contribution is 5.75. The molecule has 8 saturated heterocycles. The SMILES string of the molecule is c1cc(-c2ccc(OCC3CO3)c(C(c3ccc(-c4ccc(C(c5cc(-c6ccc(OCC7CO7)cc6)ccc5OCC5CO5)c5cc(-c6ccc(OCC7CO7)cc6)ccc5OC5COC5)cc4)cc3)c3cc(-c4ccc(OC5COC5)cc4)ccc3OCC3CO3)c2)ccc1OCC1CO1. The third-order valence-electron chi connectivity index (χ3n) is 19.7. The molecule has 8 unspecified atom stereocenters. The van der Waals surface area contributed by atoms with Crippen LogP contribution in [0.2, 0.25) is 0 Å². The van der Waals surface area contributed by atoms with Crippen LogP contribution in [0.5, 0.6) is 46.0 Å². The maximum absolute atomic E-state index is 6.97. The Labute approximate surface area is 592 Å². The first-order valence-corrected chi connectivity index (χ1v) is 35.5. The summed E-state index contributed by atoms with van der Waals surface area (Å²) in [5.41, 5.74) is 16.3. The third kappa shape index (κ3) is 15.7. The smallest absolute Gasteiger partial charge is 0.145 e. The van der Waals surface area contributed by atoms with Crippen molar-refractivity contribution < 1.29 is 75.8 Å². The number of ether oxygens (including phenoxy) is 16. The second-order valence-electron chi connectivity index (χ2n) is 27.4. The summed E-state index contributed by atoms with van der Waals surface area (Å²) in [6.45, 7) is 9.20. The van der Waals surface area contributed by atoms with E-state index in [2.05, 4.69) is 170 Å². The van der Waals surface area contributed by atoms with Gasteiger partial charge in [-0.2, -0.15) is 0 Å². The van der Waals surface area contributed by atoms with Crippen LogP contribution in [0.15, 0.2) is 218 Å². The summed E-state index contributed by atoms with van der Waals surface area (Å²) in [5, 5.41) is 0. The van der Waals surface area contributed by atoms with Crippen LogP contribution in [0.4, 0.5) is 0 Å². The Bertz CT molecular complexity index is 4530. The molecule has 0 bridgehead atoms. The van der Waals surface area contributed by atoms with Gasteiger partial charge in [-0.3, -0.25) is 0 Å². The lowest BCUT2D eigenvalue weighted by Crippen LogP contribution is -2.38. The lowest BCUT2D eigenvalue weighted by atomic mass is 9.81. The average molecular weight is 1370 g/mol. The molecule has 0 saturated carbocycles. The summed E-state index contributed by atoms with van der Waals surface area (Å²) in [4.78, 5) is 0. The molecule has 518 valence electrons. The molecule has 8 aliphatic rings. The molecule has 0 radical (unpaired) electrons. The molecule has 0 aliphatic carbocycles. The van der Waals surface area contributed by atoms with Crippen molar-refractivity contribution in [1.82, 2.24) is 0 Å². The van der Waals surface area contributed by atoms with Gasteiger partial charge in [0.15, 0.2) is 0 Å². The second-order valence-corrected chi connectivity index (χ2v) is 27.4. The van der Waals surface area contributed by atoms with Crippen molar-refractivity contribution in [1.29, 1.82) is 0 Å². The average Bonchev–Trinajstić information content (AvgIpc) is 1.74. The summed E-state index contributed by atoms with van der Waals surface area (Å²) < 4.78 is 96.7. The van der Waals surface area contributed by atoms with E-state index >= 15 is 0 Å². The summed E-state index contributed by atoms with van der Waals surface area (Å²) in [6.07, 6.45) is 0.470. The van der Waals surface area contributed by atoms with Crippen molar-refractivity contribution in [3.63, 3.8) is 0 Å². The number of hydrogen-bond acceptors (Lipinski definition) is 16. The lowest BCUT2D eigenvalue weighted by molar-refractivity contribution is -0.0800. The summed E-state index contributed by atoms with van der Waals surface area (Å²) in [6, 6.07) is 77.2. The Balaban J connectivity index is 0.737. The first-order chi connectivity index (χ1) is 50.4. The van der Waals surface area contributed by atoms with Crippen LogP contribution in [0, 0.1) is 0 Å². The molecule has 10 aromatic carbocycles. The largest absolute Gasteiger partial charge is 0.491 e. The van der Waals surface area contributed by atoms with Crippen molar-refractivity contribution in [2.75, 3.05) is 106 Å². The minimum atomic E-state index is -0.394. The fourth-order valence-corrected chi connectivity index (χ4v) is 13.1. The summed E-state index contributed by atoms with van der Waals surface area (Å²) in [7, 11) is 0. The maximum Gasteiger partial charge on any atom is 0.145 e. The van der Waals surface area contributed by atoms with E-state index < -0.39 is 11.8 Å². The fourth-order valence-electron chi connectivity index (χ4n) is 13.1. The standard InChI is InChI=1S/C86H78O16/c1-5-59(85(77-33-61(17-29-81(77)98-50-72-47-95-72)55-9-21-65(22-10-55)89-41-69-44-92-69)78-34-63(19-30-82(78)99-51-73-48-96-73)58-15-27-68(28-16-58)101-75-37-87-38-75)6-2-53(1)54-3-7-60(8-4-54)86(79-35-62(18-31-83(79)100-52-74-49-97-74)56-11-23-66(24-12-56)90-42-70-45-93-70)80-36-64(20-32-84(80)102-76-39-88-40-76)57-13-25-67(26-14-57)91-43-71-46-94-71/h1-36,69-76,85-86H,37-52H2. The van der Waals surface area contributed by atoms with E-state index in [-0.39, 0.29) is 48.8 Å².